The van der Waals surface area contributed by atoms with Crippen molar-refractivity contribution in [3.63, 3.8) is 0 Å². The molecular formula is C19H16F3NO3S. The van der Waals surface area contributed by atoms with E-state index in [1.165, 1.54) is 24.3 Å². The smallest absolute Gasteiger partial charge is 0.274 e. The summed E-state index contributed by atoms with van der Waals surface area (Å²) < 4.78 is 65.2. The van der Waals surface area contributed by atoms with Gasteiger partial charge < -0.3 is 0 Å². The molecule has 1 saturated carbocycles. The molecule has 0 heterocycles. The molecule has 1 fully saturated rings. The van der Waals surface area contributed by atoms with Gasteiger partial charge in [0.05, 0.1) is 11.0 Å². The van der Waals surface area contributed by atoms with E-state index in [0.717, 1.165) is 11.5 Å². The van der Waals surface area contributed by atoms with Crippen LogP contribution in [0.15, 0.2) is 60.0 Å². The Morgan fingerprint density at radius 3 is 2.33 bits per heavy atom. The summed E-state index contributed by atoms with van der Waals surface area (Å²) in [7, 11) is -4.03. The molecule has 1 aliphatic carbocycles. The Kier molecular flexibility index (Phi) is 5.10. The summed E-state index contributed by atoms with van der Waals surface area (Å²) in [6.07, 6.45) is -3.01. The number of carbonyl (C=O) groups excluding carboxylic acids is 1. The van der Waals surface area contributed by atoms with Crippen molar-refractivity contribution in [1.29, 1.82) is 0 Å². The highest BCUT2D eigenvalue weighted by Gasteiger charge is 2.48. The highest BCUT2D eigenvalue weighted by atomic mass is 32.2. The van der Waals surface area contributed by atoms with Gasteiger partial charge in [0, 0.05) is 5.92 Å². The Bertz CT molecular complexity index is 969. The molecule has 1 N–H and O–H groups in total. The molecule has 8 heteroatoms. The minimum Gasteiger partial charge on any atom is -0.274 e. The van der Waals surface area contributed by atoms with Crippen LogP contribution in [0.3, 0.4) is 0 Å². The maximum absolute atomic E-state index is 13.1. The van der Waals surface area contributed by atoms with E-state index < -0.39 is 39.5 Å². The molecule has 0 bridgehead atoms. The third-order valence-corrected chi connectivity index (χ3v) is 5.26. The fourth-order valence-corrected chi connectivity index (χ4v) is 3.73. The predicted molar refractivity (Wildman–Crippen MR) is 94.8 cm³/mol. The molecule has 0 aliphatic heterocycles. The van der Waals surface area contributed by atoms with Crippen LogP contribution in [0.5, 0.6) is 0 Å². The second-order valence-corrected chi connectivity index (χ2v) is 7.82. The number of halogens is 3. The van der Waals surface area contributed by atoms with Crippen LogP contribution in [-0.2, 0) is 21.0 Å². The van der Waals surface area contributed by atoms with Crippen molar-refractivity contribution in [3.05, 3.63) is 76.7 Å². The summed E-state index contributed by atoms with van der Waals surface area (Å²) in [5, 5.41) is 0.862. The zero-order chi connectivity index (χ0) is 19.7. The van der Waals surface area contributed by atoms with Crippen LogP contribution in [-0.4, -0.2) is 14.3 Å². The van der Waals surface area contributed by atoms with Crippen LogP contribution in [0, 0.1) is 5.92 Å². The largest absolute Gasteiger partial charge is 0.416 e. The summed E-state index contributed by atoms with van der Waals surface area (Å²) in [4.78, 5) is 12.2. The first-order valence-corrected chi connectivity index (χ1v) is 9.68. The van der Waals surface area contributed by atoms with Crippen molar-refractivity contribution < 1.29 is 26.4 Å². The molecule has 27 heavy (non-hydrogen) atoms. The SMILES string of the molecule is O=C(NS(=O)(=O)C=Cc1ccccc1)C1CC1c1ccccc1C(F)(F)F. The fourth-order valence-electron chi connectivity index (χ4n) is 2.89. The zero-order valence-electron chi connectivity index (χ0n) is 14.0. The van der Waals surface area contributed by atoms with Crippen molar-refractivity contribution in [1.82, 2.24) is 4.72 Å². The van der Waals surface area contributed by atoms with Crippen molar-refractivity contribution in [2.24, 2.45) is 5.92 Å². The maximum Gasteiger partial charge on any atom is 0.416 e. The third-order valence-electron chi connectivity index (χ3n) is 4.27. The summed E-state index contributed by atoms with van der Waals surface area (Å²) in [6.45, 7) is 0. The minimum atomic E-state index is -4.52. The van der Waals surface area contributed by atoms with E-state index in [2.05, 4.69) is 0 Å². The van der Waals surface area contributed by atoms with Crippen LogP contribution < -0.4 is 4.72 Å². The van der Waals surface area contributed by atoms with Gasteiger partial charge in [-0.15, -0.1) is 0 Å². The number of hydrogen-bond acceptors (Lipinski definition) is 3. The first-order valence-electron chi connectivity index (χ1n) is 8.13. The Morgan fingerprint density at radius 2 is 1.67 bits per heavy atom. The van der Waals surface area contributed by atoms with Gasteiger partial charge in [-0.3, -0.25) is 4.79 Å². The number of rotatable bonds is 5. The van der Waals surface area contributed by atoms with E-state index >= 15 is 0 Å². The lowest BCUT2D eigenvalue weighted by Crippen LogP contribution is -2.30. The predicted octanol–water partition coefficient (Wildman–Crippen LogP) is 3.93. The van der Waals surface area contributed by atoms with E-state index in [1.54, 1.807) is 30.3 Å². The summed E-state index contributed by atoms with van der Waals surface area (Å²) in [6, 6.07) is 13.7. The maximum atomic E-state index is 13.1. The molecule has 1 aliphatic rings. The lowest BCUT2D eigenvalue weighted by Gasteiger charge is -2.12. The molecule has 1 amide bonds. The van der Waals surface area contributed by atoms with E-state index in [0.29, 0.717) is 5.56 Å². The van der Waals surface area contributed by atoms with Gasteiger partial charge in [0.2, 0.25) is 5.91 Å². The van der Waals surface area contributed by atoms with Crippen LogP contribution in [0.2, 0.25) is 0 Å². The highest BCUT2D eigenvalue weighted by molar-refractivity contribution is 7.93. The first kappa shape index (κ1) is 19.2. The van der Waals surface area contributed by atoms with Crippen molar-refractivity contribution in [3.8, 4) is 0 Å². The Morgan fingerprint density at radius 1 is 1.04 bits per heavy atom. The monoisotopic (exact) mass is 395 g/mol. The van der Waals surface area contributed by atoms with Gasteiger partial charge >= 0.3 is 6.18 Å². The third kappa shape index (κ3) is 4.77. The lowest BCUT2D eigenvalue weighted by molar-refractivity contribution is -0.138. The topological polar surface area (TPSA) is 63.2 Å². The van der Waals surface area contributed by atoms with Gasteiger partial charge in [0.25, 0.3) is 10.0 Å². The van der Waals surface area contributed by atoms with Crippen LogP contribution in [0.4, 0.5) is 13.2 Å². The molecular weight excluding hydrogens is 379 g/mol. The molecule has 0 spiro atoms. The van der Waals surface area contributed by atoms with E-state index in [9.17, 15) is 26.4 Å². The Labute approximate surface area is 154 Å². The summed E-state index contributed by atoms with van der Waals surface area (Å²) in [5.74, 6) is -2.24. The number of carbonyl (C=O) groups is 1. The van der Waals surface area contributed by atoms with Crippen molar-refractivity contribution in [2.45, 2.75) is 18.5 Å². The van der Waals surface area contributed by atoms with E-state index in [-0.39, 0.29) is 12.0 Å². The summed E-state index contributed by atoms with van der Waals surface area (Å²) in [5.41, 5.74) is -0.141. The molecule has 2 atom stereocenters. The second kappa shape index (κ2) is 7.19. The highest BCUT2D eigenvalue weighted by Crippen LogP contribution is 2.51. The molecule has 2 aromatic rings. The molecule has 4 nitrogen and oxygen atoms in total. The molecule has 0 saturated heterocycles. The number of sulfonamides is 1. The number of nitrogens with one attached hydrogen (secondary N) is 1. The quantitative estimate of drug-likeness (QED) is 0.835. The molecule has 142 valence electrons. The lowest BCUT2D eigenvalue weighted by atomic mass is 10.0. The van der Waals surface area contributed by atoms with E-state index in [1.807, 2.05) is 4.72 Å². The van der Waals surface area contributed by atoms with Gasteiger partial charge in [-0.2, -0.15) is 13.2 Å². The molecule has 0 aromatic heterocycles. The summed E-state index contributed by atoms with van der Waals surface area (Å²) >= 11 is 0. The molecule has 2 aromatic carbocycles. The standard InChI is InChI=1S/C19H16F3NO3S/c20-19(21,22)17-9-5-4-8-14(17)15-12-16(15)18(24)23-27(25,26)11-10-13-6-2-1-3-7-13/h1-11,15-16H,12H2,(H,23,24). The van der Waals surface area contributed by atoms with Gasteiger partial charge in [0.15, 0.2) is 0 Å². The number of benzene rings is 2. The van der Waals surface area contributed by atoms with Gasteiger partial charge in [0.1, 0.15) is 0 Å². The van der Waals surface area contributed by atoms with E-state index in [4.69, 9.17) is 0 Å². The fraction of sp³-hybridized carbons (Fsp3) is 0.211. The van der Waals surface area contributed by atoms with Crippen molar-refractivity contribution in [2.75, 3.05) is 0 Å². The zero-order valence-corrected chi connectivity index (χ0v) is 14.8. The average molecular weight is 395 g/mol. The van der Waals surface area contributed by atoms with Crippen LogP contribution >= 0.6 is 0 Å². The number of alkyl halides is 3. The minimum absolute atomic E-state index is 0.0161. The van der Waals surface area contributed by atoms with Crippen LogP contribution in [0.1, 0.15) is 29.0 Å². The number of hydrogen-bond donors (Lipinski definition) is 1. The normalized spacial score (nSPS) is 19.8. The molecule has 2 unspecified atom stereocenters. The van der Waals surface area contributed by atoms with Crippen LogP contribution in [0.25, 0.3) is 6.08 Å². The first-order chi connectivity index (χ1) is 12.7. The Balaban J connectivity index is 1.68. The van der Waals surface area contributed by atoms with Gasteiger partial charge in [-0.05, 0) is 35.6 Å². The average Bonchev–Trinajstić information content (AvgIpc) is 3.41. The Hall–Kier alpha value is -2.61. The molecule has 0 radical (unpaired) electrons. The van der Waals surface area contributed by atoms with Gasteiger partial charge in [-0.25, -0.2) is 13.1 Å². The van der Waals surface area contributed by atoms with Gasteiger partial charge in [-0.1, -0.05) is 48.5 Å². The second-order valence-electron chi connectivity index (χ2n) is 6.26. The number of amides is 1. The molecule has 3 rings (SSSR count). The van der Waals surface area contributed by atoms with Crippen molar-refractivity contribution >= 4 is 22.0 Å².